The third-order valence-corrected chi connectivity index (χ3v) is 4.09. The van der Waals surface area contributed by atoms with Crippen LogP contribution in [0.15, 0.2) is 16.5 Å². The molecule has 1 N–H and O–H groups in total. The molecule has 0 spiro atoms. The summed E-state index contributed by atoms with van der Waals surface area (Å²) >= 11 is 2.87. The van der Waals surface area contributed by atoms with Gasteiger partial charge in [0.25, 0.3) is 0 Å². The molecular formula is C7H10BrNO3S. The van der Waals surface area contributed by atoms with Crippen LogP contribution in [0.25, 0.3) is 0 Å². The summed E-state index contributed by atoms with van der Waals surface area (Å²) < 4.78 is 29.4. The molecule has 0 amide bonds. The van der Waals surface area contributed by atoms with Crippen LogP contribution in [0.4, 0.5) is 0 Å². The average Bonchev–Trinajstić information content (AvgIpc) is 2.48. The van der Waals surface area contributed by atoms with E-state index in [9.17, 15) is 8.42 Å². The number of aryl methyl sites for hydroxylation is 1. The van der Waals surface area contributed by atoms with Crippen molar-refractivity contribution < 1.29 is 12.8 Å². The third-order valence-electron chi connectivity index (χ3n) is 1.41. The van der Waals surface area contributed by atoms with Crippen LogP contribution in [0.1, 0.15) is 11.5 Å². The summed E-state index contributed by atoms with van der Waals surface area (Å²) in [6, 6.07) is 3.53. The van der Waals surface area contributed by atoms with Crippen molar-refractivity contribution in [3.05, 3.63) is 23.7 Å². The van der Waals surface area contributed by atoms with E-state index >= 15 is 0 Å². The molecule has 0 fully saturated rings. The van der Waals surface area contributed by atoms with E-state index in [1.54, 1.807) is 12.1 Å². The van der Waals surface area contributed by atoms with Gasteiger partial charge >= 0.3 is 0 Å². The summed E-state index contributed by atoms with van der Waals surface area (Å²) in [4.78, 5) is 0. The minimum Gasteiger partial charge on any atom is -0.465 e. The molecule has 0 saturated carbocycles. The standard InChI is InChI=1S/C7H10BrNO3S/c1-6-2-3-7(12-6)4-9-13(10,11)5-8/h2-3,9H,4-5H2,1H3. The molecule has 0 unspecified atom stereocenters. The van der Waals surface area contributed by atoms with Crippen molar-refractivity contribution in [2.24, 2.45) is 0 Å². The SMILES string of the molecule is Cc1ccc(CNS(=O)(=O)CBr)o1. The number of nitrogens with one attached hydrogen (secondary N) is 1. The van der Waals surface area contributed by atoms with Gasteiger partial charge in [-0.1, -0.05) is 15.9 Å². The molecule has 1 rings (SSSR count). The lowest BCUT2D eigenvalue weighted by molar-refractivity contribution is 0.476. The smallest absolute Gasteiger partial charge is 0.222 e. The average molecular weight is 268 g/mol. The molecule has 0 atom stereocenters. The van der Waals surface area contributed by atoms with Gasteiger partial charge in [-0.15, -0.1) is 0 Å². The molecule has 1 aromatic rings. The first-order valence-corrected chi connectivity index (χ1v) is 6.39. The first-order chi connectivity index (χ1) is 6.03. The highest BCUT2D eigenvalue weighted by atomic mass is 79.9. The zero-order valence-corrected chi connectivity index (χ0v) is 9.48. The second kappa shape index (κ2) is 4.26. The monoisotopic (exact) mass is 267 g/mol. The van der Waals surface area contributed by atoms with Gasteiger partial charge in [0.15, 0.2) is 0 Å². The summed E-state index contributed by atoms with van der Waals surface area (Å²) in [5.41, 5.74) is 0. The van der Waals surface area contributed by atoms with Crippen molar-refractivity contribution in [1.29, 1.82) is 0 Å². The predicted molar refractivity (Wildman–Crippen MR) is 53.0 cm³/mol. The van der Waals surface area contributed by atoms with Crippen molar-refractivity contribution in [3.63, 3.8) is 0 Å². The van der Waals surface area contributed by atoms with E-state index < -0.39 is 10.0 Å². The molecule has 0 aliphatic heterocycles. The van der Waals surface area contributed by atoms with E-state index in [-0.39, 0.29) is 11.2 Å². The van der Waals surface area contributed by atoms with Gasteiger partial charge in [0.1, 0.15) is 16.2 Å². The van der Waals surface area contributed by atoms with Gasteiger partial charge in [0, 0.05) is 0 Å². The molecule has 4 nitrogen and oxygen atoms in total. The van der Waals surface area contributed by atoms with Crippen LogP contribution < -0.4 is 4.72 Å². The number of hydrogen-bond donors (Lipinski definition) is 1. The molecule has 0 saturated heterocycles. The Morgan fingerprint density at radius 1 is 1.54 bits per heavy atom. The van der Waals surface area contributed by atoms with Crippen molar-refractivity contribution in [1.82, 2.24) is 4.72 Å². The topological polar surface area (TPSA) is 59.3 Å². The Bertz CT molecular complexity index is 371. The highest BCUT2D eigenvalue weighted by molar-refractivity contribution is 9.10. The number of sulfonamides is 1. The van der Waals surface area contributed by atoms with Gasteiger partial charge in [0.2, 0.25) is 10.0 Å². The maximum atomic E-state index is 11.0. The van der Waals surface area contributed by atoms with E-state index in [2.05, 4.69) is 20.7 Å². The largest absolute Gasteiger partial charge is 0.465 e. The zero-order chi connectivity index (χ0) is 9.90. The van der Waals surface area contributed by atoms with Gasteiger partial charge in [-0.3, -0.25) is 0 Å². The van der Waals surface area contributed by atoms with Crippen molar-refractivity contribution >= 4 is 26.0 Å². The van der Waals surface area contributed by atoms with Crippen LogP contribution in [0.2, 0.25) is 0 Å². The Morgan fingerprint density at radius 3 is 2.69 bits per heavy atom. The first-order valence-electron chi connectivity index (χ1n) is 3.62. The fraction of sp³-hybridized carbons (Fsp3) is 0.429. The van der Waals surface area contributed by atoms with Gasteiger partial charge in [-0.2, -0.15) is 0 Å². The van der Waals surface area contributed by atoms with Crippen LogP contribution in [-0.2, 0) is 16.6 Å². The third kappa shape index (κ3) is 3.50. The molecule has 74 valence electrons. The van der Waals surface area contributed by atoms with Gasteiger partial charge in [0.05, 0.1) is 6.54 Å². The summed E-state index contributed by atoms with van der Waals surface area (Å²) in [7, 11) is -3.20. The van der Waals surface area contributed by atoms with E-state index in [4.69, 9.17) is 4.42 Å². The second-order valence-electron chi connectivity index (χ2n) is 2.56. The Morgan fingerprint density at radius 2 is 2.23 bits per heavy atom. The minimum atomic E-state index is -3.20. The van der Waals surface area contributed by atoms with Crippen molar-refractivity contribution in [2.75, 3.05) is 4.66 Å². The normalized spacial score (nSPS) is 11.8. The lowest BCUT2D eigenvalue weighted by Gasteiger charge is -2.00. The lowest BCUT2D eigenvalue weighted by atomic mass is 10.4. The van der Waals surface area contributed by atoms with E-state index in [1.165, 1.54) is 0 Å². The Balaban J connectivity index is 2.53. The summed E-state index contributed by atoms with van der Waals surface area (Å²) in [5, 5.41) is 0. The molecule has 13 heavy (non-hydrogen) atoms. The van der Waals surface area contributed by atoms with Crippen LogP contribution >= 0.6 is 15.9 Å². The molecule has 0 bridgehead atoms. The molecular weight excluding hydrogens is 258 g/mol. The van der Waals surface area contributed by atoms with Crippen molar-refractivity contribution in [2.45, 2.75) is 13.5 Å². The Labute approximate surface area is 85.5 Å². The highest BCUT2D eigenvalue weighted by Crippen LogP contribution is 2.06. The molecule has 0 aliphatic carbocycles. The van der Waals surface area contributed by atoms with Crippen LogP contribution in [0.5, 0.6) is 0 Å². The van der Waals surface area contributed by atoms with E-state index in [0.29, 0.717) is 5.76 Å². The maximum Gasteiger partial charge on any atom is 0.222 e. The fourth-order valence-electron chi connectivity index (χ4n) is 0.800. The molecule has 1 heterocycles. The van der Waals surface area contributed by atoms with Gasteiger partial charge in [-0.25, -0.2) is 13.1 Å². The number of hydrogen-bond acceptors (Lipinski definition) is 3. The van der Waals surface area contributed by atoms with E-state index in [1.807, 2.05) is 6.92 Å². The second-order valence-corrected chi connectivity index (χ2v) is 5.67. The fourth-order valence-corrected chi connectivity index (χ4v) is 1.72. The van der Waals surface area contributed by atoms with Crippen LogP contribution in [0.3, 0.4) is 0 Å². The molecule has 0 aliphatic rings. The maximum absolute atomic E-state index is 11.0. The minimum absolute atomic E-state index is 0.0975. The highest BCUT2D eigenvalue weighted by Gasteiger charge is 2.08. The number of furan rings is 1. The Kier molecular flexibility index (Phi) is 3.52. The molecule has 6 heteroatoms. The van der Waals surface area contributed by atoms with Crippen LogP contribution in [0, 0.1) is 6.92 Å². The van der Waals surface area contributed by atoms with Gasteiger partial charge < -0.3 is 4.42 Å². The molecule has 1 aromatic heterocycles. The van der Waals surface area contributed by atoms with Crippen LogP contribution in [-0.4, -0.2) is 13.1 Å². The Hall–Kier alpha value is -0.330. The lowest BCUT2D eigenvalue weighted by Crippen LogP contribution is -2.23. The summed E-state index contributed by atoms with van der Waals surface area (Å²) in [5.74, 6) is 1.38. The zero-order valence-electron chi connectivity index (χ0n) is 7.08. The van der Waals surface area contributed by atoms with E-state index in [0.717, 1.165) is 5.76 Å². The summed E-state index contributed by atoms with van der Waals surface area (Å²) in [6.45, 7) is 2.00. The first kappa shape index (κ1) is 10.7. The number of rotatable bonds is 4. The number of halogens is 1. The number of alkyl halides is 1. The quantitative estimate of drug-likeness (QED) is 0.839. The summed E-state index contributed by atoms with van der Waals surface area (Å²) in [6.07, 6.45) is 0. The molecule has 0 radical (unpaired) electrons. The van der Waals surface area contributed by atoms with Gasteiger partial charge in [-0.05, 0) is 19.1 Å². The van der Waals surface area contributed by atoms with Crippen molar-refractivity contribution in [3.8, 4) is 0 Å². The predicted octanol–water partition coefficient (Wildman–Crippen LogP) is 1.36. The molecule has 0 aromatic carbocycles.